The third kappa shape index (κ3) is 19.1. The minimum absolute atomic E-state index is 0.00304. The minimum Gasteiger partial charge on any atom is -0.508 e. The van der Waals surface area contributed by atoms with Gasteiger partial charge in [0, 0.05) is 25.9 Å². The molecule has 24 heteroatoms. The van der Waals surface area contributed by atoms with Crippen LogP contribution in [-0.4, -0.2) is 130 Å². The lowest BCUT2D eigenvalue weighted by Crippen LogP contribution is -2.61. The Bertz CT molecular complexity index is 1620. The summed E-state index contributed by atoms with van der Waals surface area (Å²) in [4.78, 5) is 99.0. The van der Waals surface area contributed by atoms with Crippen LogP contribution in [0.4, 0.5) is 0 Å². The molecule has 1 aromatic rings. The van der Waals surface area contributed by atoms with Crippen LogP contribution in [0.25, 0.3) is 0 Å². The van der Waals surface area contributed by atoms with Gasteiger partial charge < -0.3 is 82.0 Å². The van der Waals surface area contributed by atoms with Gasteiger partial charge in [-0.05, 0) is 63.6 Å². The molecular formula is C34H58N14O10. The SMILES string of the molecule is C[C@@H](O)[C@H](N)C(=O)N[C@H](C(=O)N[C@@H](CCCN=C(N)N)C(=O)N[C@@H](CCC(N)=O)C(=O)N[C@@H](CCCN=C(N)N)C(=O)N[C@@H](Cc1ccc(O)cc1)C(N)=O)[C@@H](C)O. The molecule has 1 rings (SSSR count). The van der Waals surface area contributed by atoms with E-state index in [-0.39, 0.29) is 69.3 Å². The quantitative estimate of drug-likeness (QED) is 0.0235. The number of carbonyl (C=O) groups is 7. The molecule has 1 aromatic carbocycles. The zero-order valence-electron chi connectivity index (χ0n) is 32.4. The summed E-state index contributed by atoms with van der Waals surface area (Å²) in [5.74, 6) is -7.09. The fourth-order valence-electron chi connectivity index (χ4n) is 5.14. The molecule has 0 saturated carbocycles. The summed E-state index contributed by atoms with van der Waals surface area (Å²) in [6.07, 6.45) is -3.71. The van der Waals surface area contributed by atoms with Crippen molar-refractivity contribution < 1.29 is 48.9 Å². The van der Waals surface area contributed by atoms with E-state index in [1.54, 1.807) is 0 Å². The number of primary amides is 2. The Hall–Kier alpha value is -6.27. The van der Waals surface area contributed by atoms with E-state index in [1.807, 2.05) is 0 Å². The van der Waals surface area contributed by atoms with Crippen LogP contribution in [0.3, 0.4) is 0 Å². The summed E-state index contributed by atoms with van der Waals surface area (Å²) in [7, 11) is 0. The molecule has 7 amide bonds. The molecule has 0 aromatic heterocycles. The molecule has 0 saturated heterocycles. The van der Waals surface area contributed by atoms with Crippen molar-refractivity contribution in [1.29, 1.82) is 0 Å². The van der Waals surface area contributed by atoms with Crippen molar-refractivity contribution in [2.75, 3.05) is 13.1 Å². The number of benzene rings is 1. The first kappa shape index (κ1) is 49.7. The lowest BCUT2D eigenvalue weighted by Gasteiger charge is -2.28. The van der Waals surface area contributed by atoms with Crippen LogP contribution in [0.1, 0.15) is 57.9 Å². The standard InChI is InChI=1S/C34H58N14O10/c1-16(49)25(36)31(57)48-26(17(2)50)32(58)46-21(6-4-14-43-34(40)41)28(54)45-22(11-12-24(35)52)30(56)44-20(5-3-13-42-33(38)39)29(55)47-23(27(37)53)15-18-7-9-19(51)10-8-18/h7-10,16-17,20-23,25-26,49-51H,3-6,11-15,36H2,1-2H3,(H2,35,52)(H2,37,53)(H,44,56)(H,45,54)(H,46,58)(H,47,55)(H,48,57)(H4,38,39,42)(H4,40,41,43)/t16-,17-,20+,21+,22+,23+,25+,26+/m1/s1. The van der Waals surface area contributed by atoms with E-state index in [2.05, 4.69) is 36.6 Å². The summed E-state index contributed by atoms with van der Waals surface area (Å²) >= 11 is 0. The van der Waals surface area contributed by atoms with Gasteiger partial charge >= 0.3 is 0 Å². The number of guanidine groups is 2. The summed E-state index contributed by atoms with van der Waals surface area (Å²) in [6, 6.07) is -3.00. The summed E-state index contributed by atoms with van der Waals surface area (Å²) in [6.45, 7) is 2.46. The van der Waals surface area contributed by atoms with Crippen LogP contribution >= 0.6 is 0 Å². The fourth-order valence-corrected chi connectivity index (χ4v) is 5.14. The number of carbonyl (C=O) groups excluding carboxylic acids is 7. The number of hydrogen-bond acceptors (Lipinski definition) is 13. The summed E-state index contributed by atoms with van der Waals surface area (Å²) < 4.78 is 0. The Labute approximate surface area is 334 Å². The number of nitrogens with one attached hydrogen (secondary N) is 5. The number of aliphatic imine (C=N–C) groups is 2. The molecule has 0 heterocycles. The van der Waals surface area contributed by atoms with Crippen molar-refractivity contribution in [1.82, 2.24) is 26.6 Å². The van der Waals surface area contributed by atoms with Crippen LogP contribution in [-0.2, 0) is 40.0 Å². The number of nitrogens with two attached hydrogens (primary N) is 7. The third-order valence-corrected chi connectivity index (χ3v) is 8.39. The second-order valence-electron chi connectivity index (χ2n) is 13.4. The number of aromatic hydroxyl groups is 1. The van der Waals surface area contributed by atoms with E-state index in [4.69, 9.17) is 40.1 Å². The molecule has 0 aliphatic rings. The predicted octanol–water partition coefficient (Wildman–Crippen LogP) is -6.69. The van der Waals surface area contributed by atoms with E-state index in [9.17, 15) is 48.9 Å². The average Bonchev–Trinajstić information content (AvgIpc) is 3.13. The largest absolute Gasteiger partial charge is 0.508 e. The van der Waals surface area contributed by atoms with Crippen LogP contribution in [0, 0.1) is 0 Å². The van der Waals surface area contributed by atoms with Gasteiger partial charge in [-0.1, -0.05) is 12.1 Å². The lowest BCUT2D eigenvalue weighted by atomic mass is 10.0. The number of rotatable bonds is 26. The van der Waals surface area contributed by atoms with E-state index in [0.29, 0.717) is 5.56 Å². The highest BCUT2D eigenvalue weighted by molar-refractivity contribution is 5.97. The second-order valence-corrected chi connectivity index (χ2v) is 13.4. The van der Waals surface area contributed by atoms with Crippen molar-refractivity contribution in [3.63, 3.8) is 0 Å². The summed E-state index contributed by atoms with van der Waals surface area (Å²) in [5.41, 5.74) is 38.7. The zero-order chi connectivity index (χ0) is 44.1. The molecule has 58 heavy (non-hydrogen) atoms. The number of phenolic OH excluding ortho intramolecular Hbond substituents is 1. The monoisotopic (exact) mass is 822 g/mol. The highest BCUT2D eigenvalue weighted by Gasteiger charge is 2.34. The molecule has 0 aliphatic heterocycles. The molecular weight excluding hydrogens is 764 g/mol. The summed E-state index contributed by atoms with van der Waals surface area (Å²) in [5, 5.41) is 41.7. The molecule has 0 radical (unpaired) electrons. The maximum absolute atomic E-state index is 13.8. The van der Waals surface area contributed by atoms with E-state index >= 15 is 0 Å². The maximum Gasteiger partial charge on any atom is 0.245 e. The minimum atomic E-state index is -1.66. The highest BCUT2D eigenvalue weighted by atomic mass is 16.3. The molecule has 0 unspecified atom stereocenters. The smallest absolute Gasteiger partial charge is 0.245 e. The van der Waals surface area contributed by atoms with Gasteiger partial charge in [-0.15, -0.1) is 0 Å². The van der Waals surface area contributed by atoms with Gasteiger partial charge in [0.1, 0.15) is 42.0 Å². The maximum atomic E-state index is 13.8. The molecule has 0 spiro atoms. The van der Waals surface area contributed by atoms with Gasteiger partial charge in [0.25, 0.3) is 0 Å². The lowest BCUT2D eigenvalue weighted by molar-refractivity contribution is -0.136. The van der Waals surface area contributed by atoms with Crippen molar-refractivity contribution in [2.24, 2.45) is 50.1 Å². The molecule has 324 valence electrons. The Morgan fingerprint density at radius 3 is 1.43 bits per heavy atom. The molecule has 0 aliphatic carbocycles. The first-order valence-electron chi connectivity index (χ1n) is 18.2. The van der Waals surface area contributed by atoms with Crippen LogP contribution in [0.2, 0.25) is 0 Å². The van der Waals surface area contributed by atoms with Crippen LogP contribution in [0.5, 0.6) is 5.75 Å². The number of amides is 7. The van der Waals surface area contributed by atoms with Crippen LogP contribution < -0.4 is 66.7 Å². The van der Waals surface area contributed by atoms with Crippen molar-refractivity contribution in [3.8, 4) is 5.75 Å². The van der Waals surface area contributed by atoms with Crippen molar-refractivity contribution in [3.05, 3.63) is 29.8 Å². The van der Waals surface area contributed by atoms with Crippen molar-refractivity contribution in [2.45, 2.75) is 107 Å². The highest BCUT2D eigenvalue weighted by Crippen LogP contribution is 2.12. The van der Waals surface area contributed by atoms with Gasteiger partial charge in [-0.25, -0.2) is 0 Å². The number of hydrogen-bond donors (Lipinski definition) is 15. The Balaban J connectivity index is 3.43. The van der Waals surface area contributed by atoms with Crippen molar-refractivity contribution >= 4 is 53.3 Å². The number of nitrogens with zero attached hydrogens (tertiary/aromatic N) is 2. The zero-order valence-corrected chi connectivity index (χ0v) is 32.4. The Kier molecular flexibility index (Phi) is 21.5. The van der Waals surface area contributed by atoms with E-state index < -0.39 is 96.2 Å². The van der Waals surface area contributed by atoms with Gasteiger partial charge in [-0.2, -0.15) is 0 Å². The first-order valence-corrected chi connectivity index (χ1v) is 18.2. The van der Waals surface area contributed by atoms with Gasteiger partial charge in [0.05, 0.1) is 12.2 Å². The molecule has 8 atom stereocenters. The number of aliphatic hydroxyl groups excluding tert-OH is 2. The Morgan fingerprint density at radius 1 is 0.603 bits per heavy atom. The van der Waals surface area contributed by atoms with Gasteiger partial charge in [-0.3, -0.25) is 43.5 Å². The first-order chi connectivity index (χ1) is 27.1. The average molecular weight is 823 g/mol. The fraction of sp³-hybridized carbons (Fsp3) is 0.559. The van der Waals surface area contributed by atoms with Gasteiger partial charge in [0.2, 0.25) is 41.4 Å². The second kappa shape index (κ2) is 25.1. The molecule has 0 fully saturated rings. The Morgan fingerprint density at radius 2 is 1.03 bits per heavy atom. The van der Waals surface area contributed by atoms with Crippen LogP contribution in [0.15, 0.2) is 34.3 Å². The number of phenols is 1. The molecule has 0 bridgehead atoms. The van der Waals surface area contributed by atoms with E-state index in [1.165, 1.54) is 38.1 Å². The third-order valence-electron chi connectivity index (χ3n) is 8.39. The molecule has 24 nitrogen and oxygen atoms in total. The predicted molar refractivity (Wildman–Crippen MR) is 210 cm³/mol. The van der Waals surface area contributed by atoms with Gasteiger partial charge in [0.15, 0.2) is 11.9 Å². The molecule has 22 N–H and O–H groups in total. The topological polar surface area (TPSA) is 447 Å². The van der Waals surface area contributed by atoms with E-state index in [0.717, 1.165) is 0 Å². The number of aliphatic hydroxyl groups is 2. The normalized spacial score (nSPS) is 15.0.